The Kier molecular flexibility index (Phi) is 4.59. The van der Waals surface area contributed by atoms with Crippen molar-refractivity contribution in [2.75, 3.05) is 49.2 Å². The summed E-state index contributed by atoms with van der Waals surface area (Å²) in [4.78, 5) is 17.3. The average molecular weight is 357 g/mol. The number of rotatable bonds is 5. The Morgan fingerprint density at radius 1 is 1.28 bits per heavy atom. The first kappa shape index (κ1) is 16.4. The Morgan fingerprint density at radius 2 is 2.08 bits per heavy atom. The lowest BCUT2D eigenvalue weighted by Crippen LogP contribution is -2.36. The molecule has 3 aromatic rings. The fourth-order valence-corrected chi connectivity index (χ4v) is 4.18. The largest absolute Gasteiger partial charge is 0.378 e. The molecule has 3 aromatic heterocycles. The third kappa shape index (κ3) is 3.09. The van der Waals surface area contributed by atoms with Gasteiger partial charge >= 0.3 is 0 Å². The standard InChI is InChI=1S/C18H23N5OS/c1-3-22(4-2)18-21-16(12-25-18)15-11-20-17-14(15)9-13(10-19-17)23-5-7-24-8-6-23/h9-12H,3-8H2,1-2H3,(H,19,20). The monoisotopic (exact) mass is 357 g/mol. The summed E-state index contributed by atoms with van der Waals surface area (Å²) in [7, 11) is 0. The van der Waals surface area contributed by atoms with Gasteiger partial charge in [0.05, 0.1) is 30.8 Å². The third-order valence-corrected chi connectivity index (χ3v) is 5.60. The third-order valence-electron chi connectivity index (χ3n) is 4.69. The maximum absolute atomic E-state index is 5.45. The Hall–Kier alpha value is -2.12. The van der Waals surface area contributed by atoms with Gasteiger partial charge in [-0.15, -0.1) is 11.3 Å². The molecule has 0 radical (unpaired) electrons. The van der Waals surface area contributed by atoms with Crippen molar-refractivity contribution in [3.8, 4) is 11.3 Å². The number of morpholine rings is 1. The topological polar surface area (TPSA) is 57.3 Å². The second kappa shape index (κ2) is 7.01. The van der Waals surface area contributed by atoms with Crippen molar-refractivity contribution in [3.05, 3.63) is 23.8 Å². The van der Waals surface area contributed by atoms with Gasteiger partial charge in [0.15, 0.2) is 5.13 Å². The number of H-pyrrole nitrogens is 1. The molecule has 0 aliphatic carbocycles. The normalized spacial score (nSPS) is 15.0. The van der Waals surface area contributed by atoms with E-state index in [2.05, 4.69) is 45.1 Å². The molecule has 1 saturated heterocycles. The van der Waals surface area contributed by atoms with E-state index in [4.69, 9.17) is 9.72 Å². The van der Waals surface area contributed by atoms with Gasteiger partial charge in [0, 0.05) is 48.7 Å². The molecule has 132 valence electrons. The molecular formula is C18H23N5OS. The summed E-state index contributed by atoms with van der Waals surface area (Å²) in [5.74, 6) is 0. The van der Waals surface area contributed by atoms with Crippen molar-refractivity contribution in [3.63, 3.8) is 0 Å². The first-order valence-electron chi connectivity index (χ1n) is 8.80. The zero-order valence-electron chi connectivity index (χ0n) is 14.7. The quantitative estimate of drug-likeness (QED) is 0.759. The van der Waals surface area contributed by atoms with Gasteiger partial charge in [-0.3, -0.25) is 0 Å². The van der Waals surface area contributed by atoms with E-state index in [9.17, 15) is 0 Å². The second-order valence-corrected chi connectivity index (χ2v) is 6.92. The second-order valence-electron chi connectivity index (χ2n) is 6.08. The number of ether oxygens (including phenoxy) is 1. The summed E-state index contributed by atoms with van der Waals surface area (Å²) >= 11 is 1.70. The number of aromatic amines is 1. The van der Waals surface area contributed by atoms with E-state index >= 15 is 0 Å². The van der Waals surface area contributed by atoms with Gasteiger partial charge in [0.25, 0.3) is 0 Å². The van der Waals surface area contributed by atoms with E-state index in [1.807, 2.05) is 12.4 Å². The maximum Gasteiger partial charge on any atom is 0.185 e. The van der Waals surface area contributed by atoms with Crippen LogP contribution in [-0.2, 0) is 4.74 Å². The number of pyridine rings is 1. The molecule has 1 aliphatic heterocycles. The minimum Gasteiger partial charge on any atom is -0.378 e. The summed E-state index contributed by atoms with van der Waals surface area (Å²) in [6.07, 6.45) is 3.96. The first-order valence-corrected chi connectivity index (χ1v) is 9.68. The zero-order valence-corrected chi connectivity index (χ0v) is 15.5. The van der Waals surface area contributed by atoms with E-state index in [1.54, 1.807) is 11.3 Å². The lowest BCUT2D eigenvalue weighted by molar-refractivity contribution is 0.122. The summed E-state index contributed by atoms with van der Waals surface area (Å²) < 4.78 is 5.45. The number of fused-ring (bicyclic) bond motifs is 1. The predicted octanol–water partition coefficient (Wildman–Crippen LogP) is 3.37. The van der Waals surface area contributed by atoms with Crippen molar-refractivity contribution in [2.24, 2.45) is 0 Å². The van der Waals surface area contributed by atoms with Crippen molar-refractivity contribution in [2.45, 2.75) is 13.8 Å². The van der Waals surface area contributed by atoms with Gasteiger partial charge in [0.2, 0.25) is 0 Å². The molecule has 1 N–H and O–H groups in total. The molecule has 0 saturated carbocycles. The summed E-state index contributed by atoms with van der Waals surface area (Å²) in [5, 5.41) is 4.34. The van der Waals surface area contributed by atoms with Crippen LogP contribution in [-0.4, -0.2) is 54.3 Å². The number of thiazole rings is 1. The van der Waals surface area contributed by atoms with Crippen LogP contribution in [0, 0.1) is 0 Å². The maximum atomic E-state index is 5.45. The van der Waals surface area contributed by atoms with Gasteiger partial charge in [-0.1, -0.05) is 0 Å². The van der Waals surface area contributed by atoms with Crippen LogP contribution < -0.4 is 9.80 Å². The van der Waals surface area contributed by atoms with Crippen LogP contribution in [0.3, 0.4) is 0 Å². The van der Waals surface area contributed by atoms with E-state index < -0.39 is 0 Å². The predicted molar refractivity (Wildman–Crippen MR) is 104 cm³/mol. The number of nitrogens with one attached hydrogen (secondary N) is 1. The molecule has 7 heteroatoms. The van der Waals surface area contributed by atoms with Gasteiger partial charge in [0.1, 0.15) is 5.65 Å². The van der Waals surface area contributed by atoms with Crippen LogP contribution >= 0.6 is 11.3 Å². The number of aromatic nitrogens is 3. The van der Waals surface area contributed by atoms with Crippen LogP contribution in [0.2, 0.25) is 0 Å². The van der Waals surface area contributed by atoms with Crippen molar-refractivity contribution in [1.82, 2.24) is 15.0 Å². The van der Waals surface area contributed by atoms with Gasteiger partial charge in [-0.05, 0) is 19.9 Å². The lowest BCUT2D eigenvalue weighted by Gasteiger charge is -2.28. The molecule has 0 unspecified atom stereocenters. The number of hydrogen-bond acceptors (Lipinski definition) is 6. The minimum absolute atomic E-state index is 0.775. The van der Waals surface area contributed by atoms with Gasteiger partial charge in [-0.2, -0.15) is 0 Å². The lowest BCUT2D eigenvalue weighted by atomic mass is 10.1. The van der Waals surface area contributed by atoms with Gasteiger partial charge < -0.3 is 19.5 Å². The van der Waals surface area contributed by atoms with E-state index in [0.29, 0.717) is 0 Å². The zero-order chi connectivity index (χ0) is 17.2. The summed E-state index contributed by atoms with van der Waals surface area (Å²) in [6, 6.07) is 2.22. The average Bonchev–Trinajstić information content (AvgIpc) is 3.30. The molecule has 0 spiro atoms. The highest BCUT2D eigenvalue weighted by Gasteiger charge is 2.16. The Labute approximate surface area is 151 Å². The highest BCUT2D eigenvalue weighted by molar-refractivity contribution is 7.14. The number of anilines is 2. The molecule has 0 amide bonds. The molecule has 25 heavy (non-hydrogen) atoms. The Bertz CT molecular complexity index is 848. The van der Waals surface area contributed by atoms with E-state index in [1.165, 1.54) is 0 Å². The molecule has 0 bridgehead atoms. The Balaban J connectivity index is 1.70. The molecule has 1 aliphatic rings. The summed E-state index contributed by atoms with van der Waals surface area (Å²) in [6.45, 7) is 9.64. The fourth-order valence-electron chi connectivity index (χ4n) is 3.23. The van der Waals surface area contributed by atoms with Crippen LogP contribution in [0.1, 0.15) is 13.8 Å². The number of nitrogens with zero attached hydrogens (tertiary/aromatic N) is 4. The molecule has 0 aromatic carbocycles. The van der Waals surface area contributed by atoms with Crippen molar-refractivity contribution in [1.29, 1.82) is 0 Å². The molecule has 4 heterocycles. The van der Waals surface area contributed by atoms with Crippen molar-refractivity contribution >= 4 is 33.2 Å². The number of hydrogen-bond donors (Lipinski definition) is 1. The minimum atomic E-state index is 0.775. The Morgan fingerprint density at radius 3 is 2.84 bits per heavy atom. The molecule has 6 nitrogen and oxygen atoms in total. The molecule has 0 atom stereocenters. The van der Waals surface area contributed by atoms with Crippen LogP contribution in [0.25, 0.3) is 22.3 Å². The highest BCUT2D eigenvalue weighted by Crippen LogP contribution is 2.33. The first-order chi connectivity index (χ1) is 12.3. The van der Waals surface area contributed by atoms with E-state index in [0.717, 1.165) is 72.5 Å². The van der Waals surface area contributed by atoms with Gasteiger partial charge in [-0.25, -0.2) is 9.97 Å². The van der Waals surface area contributed by atoms with Crippen LogP contribution in [0.15, 0.2) is 23.8 Å². The molecular weight excluding hydrogens is 334 g/mol. The molecule has 4 rings (SSSR count). The van der Waals surface area contributed by atoms with E-state index in [-0.39, 0.29) is 0 Å². The summed E-state index contributed by atoms with van der Waals surface area (Å²) in [5.41, 5.74) is 4.19. The molecule has 1 fully saturated rings. The van der Waals surface area contributed by atoms with Crippen molar-refractivity contribution < 1.29 is 4.74 Å². The SMILES string of the molecule is CCN(CC)c1nc(-c2c[nH]c3ncc(N4CCOCC4)cc23)cs1. The smallest absolute Gasteiger partial charge is 0.185 e. The van der Waals surface area contributed by atoms with Crippen LogP contribution in [0.5, 0.6) is 0 Å². The highest BCUT2D eigenvalue weighted by atomic mass is 32.1. The van der Waals surface area contributed by atoms with Crippen LogP contribution in [0.4, 0.5) is 10.8 Å². The fraction of sp³-hybridized carbons (Fsp3) is 0.444.